The number of halogens is 2. The maximum atomic E-state index is 13.7. The van der Waals surface area contributed by atoms with Gasteiger partial charge in [0, 0.05) is 30.8 Å². The van der Waals surface area contributed by atoms with Crippen LogP contribution in [0.2, 0.25) is 0 Å². The first kappa shape index (κ1) is 12.9. The number of aromatic nitrogens is 1. The van der Waals surface area contributed by atoms with Gasteiger partial charge in [-0.2, -0.15) is 0 Å². The van der Waals surface area contributed by atoms with Crippen LogP contribution in [0.15, 0.2) is 23.6 Å². The summed E-state index contributed by atoms with van der Waals surface area (Å²) in [6.07, 6.45) is 2.80. The Morgan fingerprint density at radius 3 is 2.86 bits per heavy atom. The molecule has 1 spiro atoms. The molecule has 2 aliphatic heterocycles. The van der Waals surface area contributed by atoms with Crippen LogP contribution >= 0.6 is 0 Å². The van der Waals surface area contributed by atoms with Gasteiger partial charge in [0.1, 0.15) is 6.17 Å². The summed E-state index contributed by atoms with van der Waals surface area (Å²) in [4.78, 5) is 13.7. The van der Waals surface area contributed by atoms with Gasteiger partial charge in [0.2, 0.25) is 0 Å². The van der Waals surface area contributed by atoms with Gasteiger partial charge in [-0.15, -0.1) is 0 Å². The second-order valence-corrected chi connectivity index (χ2v) is 6.44. The Bertz CT molecular complexity index is 711. The van der Waals surface area contributed by atoms with Crippen molar-refractivity contribution in [3.8, 4) is 0 Å². The van der Waals surface area contributed by atoms with E-state index in [1.807, 2.05) is 4.90 Å². The molecule has 1 saturated carbocycles. The molecule has 21 heavy (non-hydrogen) atoms. The van der Waals surface area contributed by atoms with Crippen molar-refractivity contribution in [2.75, 3.05) is 12.0 Å². The number of alkyl halides is 2. The number of rotatable bonds is 0. The van der Waals surface area contributed by atoms with Gasteiger partial charge in [-0.05, 0) is 19.8 Å². The van der Waals surface area contributed by atoms with E-state index in [0.717, 1.165) is 0 Å². The number of hydrogen-bond donors (Lipinski definition) is 1. The van der Waals surface area contributed by atoms with Gasteiger partial charge in [0.05, 0.1) is 16.8 Å². The smallest absolute Gasteiger partial charge is 0.256 e. The average molecular weight is 293 g/mol. The predicted octanol–water partition coefficient (Wildman–Crippen LogP) is 2.13. The second-order valence-electron chi connectivity index (χ2n) is 6.44. The number of pyridine rings is 1. The number of nitrogens with zero attached hydrogens (tertiary/aromatic N) is 2. The molecule has 1 aliphatic carbocycles. The van der Waals surface area contributed by atoms with Crippen LogP contribution in [0.1, 0.15) is 30.5 Å². The highest BCUT2D eigenvalue weighted by atomic mass is 19.3. The molecule has 4 rings (SSSR count). The van der Waals surface area contributed by atoms with E-state index in [2.05, 4.69) is 12.0 Å². The summed E-state index contributed by atoms with van der Waals surface area (Å²) in [6, 6.07) is 1.51. The summed E-state index contributed by atoms with van der Waals surface area (Å²) in [5.74, 6) is -2.55. The fourth-order valence-electron chi connectivity index (χ4n) is 3.72. The Kier molecular flexibility index (Phi) is 2.25. The highest BCUT2D eigenvalue weighted by Crippen LogP contribution is 2.65. The molecule has 2 fully saturated rings. The Labute approximate surface area is 121 Å². The molecule has 2 atom stereocenters. The summed E-state index contributed by atoms with van der Waals surface area (Å²) in [5.41, 5.74) is 4.28. The van der Waals surface area contributed by atoms with E-state index in [1.165, 1.54) is 6.07 Å². The molecule has 0 radical (unpaired) electrons. The summed E-state index contributed by atoms with van der Waals surface area (Å²) < 4.78 is 29.1. The van der Waals surface area contributed by atoms with Gasteiger partial charge in [0.25, 0.3) is 5.92 Å². The minimum atomic E-state index is -2.55. The van der Waals surface area contributed by atoms with Crippen molar-refractivity contribution in [2.24, 2.45) is 5.41 Å². The zero-order valence-corrected chi connectivity index (χ0v) is 11.8. The monoisotopic (exact) mass is 293 g/mol. The third-order valence-electron chi connectivity index (χ3n) is 5.21. The topological polar surface area (TPSA) is 37.3 Å². The molecule has 1 aromatic rings. The van der Waals surface area contributed by atoms with Gasteiger partial charge < -0.3 is 10.3 Å². The standard InChI is InChI=1S/C15H17F2N3O/c1-9-11(21)4-6-20-13(9)10(2)19-8-14(7-15(14,16)17)5-3-12(19)18-20/h4,6,12,18H,2-3,5,7-8H2,1H3/t12-,14?/m0/s1. The molecular weight excluding hydrogens is 276 g/mol. The van der Waals surface area contributed by atoms with Gasteiger partial charge in [-0.25, -0.2) is 8.78 Å². The molecule has 0 amide bonds. The fourth-order valence-corrected chi connectivity index (χ4v) is 3.72. The van der Waals surface area contributed by atoms with E-state index >= 15 is 0 Å². The van der Waals surface area contributed by atoms with E-state index in [4.69, 9.17) is 0 Å². The highest BCUT2D eigenvalue weighted by Gasteiger charge is 2.72. The molecule has 4 nitrogen and oxygen atoms in total. The van der Waals surface area contributed by atoms with Crippen LogP contribution < -0.4 is 10.9 Å². The largest absolute Gasteiger partial charge is 0.348 e. The summed E-state index contributed by atoms with van der Waals surface area (Å²) in [7, 11) is 0. The van der Waals surface area contributed by atoms with E-state index in [9.17, 15) is 13.6 Å². The summed E-state index contributed by atoms with van der Waals surface area (Å²) >= 11 is 0. The SMILES string of the molecule is C=C1c2c(C)c(=O)ccn2N[C@@H]2CCC3(CN12)CC3(F)F. The Hall–Kier alpha value is -1.85. The van der Waals surface area contributed by atoms with Crippen molar-refractivity contribution < 1.29 is 8.78 Å². The first-order chi connectivity index (χ1) is 9.85. The van der Waals surface area contributed by atoms with Crippen molar-refractivity contribution in [2.45, 2.75) is 38.3 Å². The summed E-state index contributed by atoms with van der Waals surface area (Å²) in [5, 5.41) is 0. The van der Waals surface area contributed by atoms with Crippen LogP contribution in [0.25, 0.3) is 5.70 Å². The molecule has 1 unspecified atom stereocenters. The lowest BCUT2D eigenvalue weighted by atomic mass is 9.91. The van der Waals surface area contributed by atoms with Crippen molar-refractivity contribution in [1.82, 2.24) is 9.58 Å². The zero-order chi connectivity index (χ0) is 15.0. The molecule has 0 bridgehead atoms. The van der Waals surface area contributed by atoms with E-state index < -0.39 is 11.3 Å². The quantitative estimate of drug-likeness (QED) is 0.796. The average Bonchev–Trinajstić information content (AvgIpc) is 2.96. The molecule has 0 aromatic carbocycles. The summed E-state index contributed by atoms with van der Waals surface area (Å²) in [6.45, 7) is 6.11. The minimum Gasteiger partial charge on any atom is -0.348 e. The number of fused-ring (bicyclic) bond motifs is 2. The fraction of sp³-hybridized carbons (Fsp3) is 0.533. The van der Waals surface area contributed by atoms with E-state index in [-0.39, 0.29) is 18.0 Å². The van der Waals surface area contributed by atoms with Gasteiger partial charge in [-0.3, -0.25) is 9.47 Å². The van der Waals surface area contributed by atoms with Gasteiger partial charge >= 0.3 is 0 Å². The van der Waals surface area contributed by atoms with Crippen LogP contribution in [0.4, 0.5) is 8.78 Å². The van der Waals surface area contributed by atoms with Crippen LogP contribution in [0, 0.1) is 12.3 Å². The Morgan fingerprint density at radius 1 is 1.48 bits per heavy atom. The second kappa shape index (κ2) is 3.67. The lowest BCUT2D eigenvalue weighted by molar-refractivity contribution is 0.0243. The van der Waals surface area contributed by atoms with Crippen molar-refractivity contribution in [1.29, 1.82) is 0 Å². The van der Waals surface area contributed by atoms with Crippen LogP contribution in [0.3, 0.4) is 0 Å². The maximum absolute atomic E-state index is 13.7. The predicted molar refractivity (Wildman–Crippen MR) is 75.6 cm³/mol. The zero-order valence-electron chi connectivity index (χ0n) is 11.8. The maximum Gasteiger partial charge on any atom is 0.256 e. The molecule has 3 aliphatic rings. The number of hydrogen-bond acceptors (Lipinski definition) is 3. The molecule has 1 aromatic heterocycles. The van der Waals surface area contributed by atoms with Gasteiger partial charge in [0.15, 0.2) is 5.43 Å². The van der Waals surface area contributed by atoms with Crippen molar-refractivity contribution >= 4 is 5.70 Å². The highest BCUT2D eigenvalue weighted by molar-refractivity contribution is 5.64. The lowest BCUT2D eigenvalue weighted by Gasteiger charge is -2.47. The molecule has 3 heterocycles. The Morgan fingerprint density at radius 2 is 2.19 bits per heavy atom. The lowest BCUT2D eigenvalue weighted by Crippen LogP contribution is -2.54. The number of piperidine rings is 1. The van der Waals surface area contributed by atoms with Crippen LogP contribution in [-0.2, 0) is 0 Å². The van der Waals surface area contributed by atoms with Crippen LogP contribution in [0.5, 0.6) is 0 Å². The molecule has 112 valence electrons. The Balaban J connectivity index is 1.74. The minimum absolute atomic E-state index is 0.0307. The van der Waals surface area contributed by atoms with Gasteiger partial charge in [-0.1, -0.05) is 6.58 Å². The first-order valence-corrected chi connectivity index (χ1v) is 7.17. The van der Waals surface area contributed by atoms with Crippen molar-refractivity contribution in [3.63, 3.8) is 0 Å². The van der Waals surface area contributed by atoms with E-state index in [0.29, 0.717) is 36.3 Å². The molecular formula is C15H17F2N3O. The van der Waals surface area contributed by atoms with Crippen molar-refractivity contribution in [3.05, 3.63) is 40.3 Å². The third-order valence-corrected chi connectivity index (χ3v) is 5.21. The first-order valence-electron chi connectivity index (χ1n) is 7.17. The molecule has 1 N–H and O–H groups in total. The van der Waals surface area contributed by atoms with Crippen LogP contribution in [-0.4, -0.2) is 28.2 Å². The third kappa shape index (κ3) is 1.56. The normalized spacial score (nSPS) is 32.4. The molecule has 1 saturated heterocycles. The molecule has 6 heteroatoms. The van der Waals surface area contributed by atoms with E-state index in [1.54, 1.807) is 17.8 Å². The number of nitrogens with one attached hydrogen (secondary N) is 1.